The summed E-state index contributed by atoms with van der Waals surface area (Å²) in [5, 5.41) is 20.7. The van der Waals surface area contributed by atoms with Gasteiger partial charge in [-0.25, -0.2) is 0 Å². The third-order valence-electron chi connectivity index (χ3n) is 3.07. The molecule has 0 saturated heterocycles. The van der Waals surface area contributed by atoms with E-state index in [4.69, 9.17) is 4.42 Å². The van der Waals surface area contributed by atoms with Crippen molar-refractivity contribution in [2.75, 3.05) is 5.32 Å². The van der Waals surface area contributed by atoms with Gasteiger partial charge in [-0.2, -0.15) is 0 Å². The van der Waals surface area contributed by atoms with E-state index in [-0.39, 0.29) is 11.6 Å². The highest BCUT2D eigenvalue weighted by molar-refractivity contribution is 6.04. The van der Waals surface area contributed by atoms with Crippen molar-refractivity contribution in [3.05, 3.63) is 70.6 Å². The molecule has 8 nitrogen and oxygen atoms in total. The Morgan fingerprint density at radius 3 is 2.61 bits per heavy atom. The molecule has 0 bridgehead atoms. The van der Waals surface area contributed by atoms with Crippen LogP contribution in [-0.4, -0.2) is 21.0 Å². The van der Waals surface area contributed by atoms with Crippen molar-refractivity contribution in [2.45, 2.75) is 0 Å². The Bertz CT molecular complexity index is 844. The highest BCUT2D eigenvalue weighted by Gasteiger charge is 2.11. The van der Waals surface area contributed by atoms with E-state index in [1.54, 1.807) is 24.3 Å². The first kappa shape index (κ1) is 14.4. The number of nitrogens with one attached hydrogen (secondary N) is 1. The van der Waals surface area contributed by atoms with Crippen LogP contribution in [0, 0.1) is 10.1 Å². The van der Waals surface area contributed by atoms with Gasteiger partial charge in [0.2, 0.25) is 12.3 Å². The minimum Gasteiger partial charge on any atom is -0.423 e. The Morgan fingerprint density at radius 1 is 1.17 bits per heavy atom. The zero-order valence-electron chi connectivity index (χ0n) is 11.7. The van der Waals surface area contributed by atoms with Gasteiger partial charge < -0.3 is 9.73 Å². The second-order valence-electron chi connectivity index (χ2n) is 4.58. The second kappa shape index (κ2) is 6.06. The van der Waals surface area contributed by atoms with Crippen LogP contribution in [0.15, 0.2) is 59.3 Å². The van der Waals surface area contributed by atoms with E-state index in [1.165, 1.54) is 30.7 Å². The van der Waals surface area contributed by atoms with Gasteiger partial charge in [-0.1, -0.05) is 6.07 Å². The predicted molar refractivity (Wildman–Crippen MR) is 80.8 cm³/mol. The average Bonchev–Trinajstić information content (AvgIpc) is 3.10. The summed E-state index contributed by atoms with van der Waals surface area (Å²) in [5.74, 6) is -0.0287. The van der Waals surface area contributed by atoms with Crippen LogP contribution in [0.1, 0.15) is 10.4 Å². The van der Waals surface area contributed by atoms with Gasteiger partial charge in [0.25, 0.3) is 11.6 Å². The molecule has 3 rings (SSSR count). The summed E-state index contributed by atoms with van der Waals surface area (Å²) in [6.07, 6.45) is 1.22. The van der Waals surface area contributed by atoms with Gasteiger partial charge in [0.1, 0.15) is 0 Å². The Hall–Kier alpha value is -3.55. The van der Waals surface area contributed by atoms with E-state index >= 15 is 0 Å². The fraction of sp³-hybridized carbons (Fsp3) is 0. The molecule has 0 aliphatic rings. The maximum Gasteiger partial charge on any atom is 0.269 e. The van der Waals surface area contributed by atoms with E-state index in [1.807, 2.05) is 0 Å². The lowest BCUT2D eigenvalue weighted by atomic mass is 10.1. The number of aromatic nitrogens is 2. The van der Waals surface area contributed by atoms with Crippen molar-refractivity contribution < 1.29 is 14.1 Å². The molecule has 1 N–H and O–H groups in total. The number of rotatable bonds is 4. The van der Waals surface area contributed by atoms with Crippen LogP contribution >= 0.6 is 0 Å². The first-order valence-electron chi connectivity index (χ1n) is 6.56. The van der Waals surface area contributed by atoms with Gasteiger partial charge >= 0.3 is 0 Å². The highest BCUT2D eigenvalue weighted by Crippen LogP contribution is 2.21. The highest BCUT2D eigenvalue weighted by atomic mass is 16.6. The number of amides is 1. The van der Waals surface area contributed by atoms with Gasteiger partial charge in [-0.3, -0.25) is 14.9 Å². The van der Waals surface area contributed by atoms with Crippen LogP contribution in [0.2, 0.25) is 0 Å². The first-order valence-corrected chi connectivity index (χ1v) is 6.56. The monoisotopic (exact) mass is 310 g/mol. The molecule has 8 heteroatoms. The summed E-state index contributed by atoms with van der Waals surface area (Å²) in [6.45, 7) is 0. The molecule has 0 atom stereocenters. The lowest BCUT2D eigenvalue weighted by Crippen LogP contribution is -2.11. The lowest BCUT2D eigenvalue weighted by Gasteiger charge is -2.06. The summed E-state index contributed by atoms with van der Waals surface area (Å²) >= 11 is 0. The molecule has 0 radical (unpaired) electrons. The molecular weight excluding hydrogens is 300 g/mol. The van der Waals surface area contributed by atoms with Crippen molar-refractivity contribution in [1.29, 1.82) is 0 Å². The zero-order valence-corrected chi connectivity index (χ0v) is 11.7. The second-order valence-corrected chi connectivity index (χ2v) is 4.58. The normalized spacial score (nSPS) is 10.3. The van der Waals surface area contributed by atoms with Crippen LogP contribution in [-0.2, 0) is 0 Å². The van der Waals surface area contributed by atoms with Crippen molar-refractivity contribution in [3.8, 4) is 11.5 Å². The van der Waals surface area contributed by atoms with E-state index in [0.29, 0.717) is 22.7 Å². The van der Waals surface area contributed by atoms with Crippen molar-refractivity contribution in [1.82, 2.24) is 10.2 Å². The quantitative estimate of drug-likeness (QED) is 0.586. The fourth-order valence-electron chi connectivity index (χ4n) is 1.97. The van der Waals surface area contributed by atoms with Crippen LogP contribution in [0.3, 0.4) is 0 Å². The smallest absolute Gasteiger partial charge is 0.269 e. The molecule has 0 aliphatic carbocycles. The van der Waals surface area contributed by atoms with Gasteiger partial charge in [-0.15, -0.1) is 10.2 Å². The van der Waals surface area contributed by atoms with Crippen LogP contribution in [0.4, 0.5) is 11.4 Å². The molecule has 2 aromatic carbocycles. The van der Waals surface area contributed by atoms with Crippen LogP contribution in [0.25, 0.3) is 11.5 Å². The average molecular weight is 310 g/mol. The number of anilines is 1. The summed E-state index contributed by atoms with van der Waals surface area (Å²) in [4.78, 5) is 22.3. The van der Waals surface area contributed by atoms with Crippen LogP contribution in [0.5, 0.6) is 0 Å². The molecule has 1 amide bonds. The number of nitro benzene ring substituents is 1. The van der Waals surface area contributed by atoms with Gasteiger partial charge in [0.15, 0.2) is 0 Å². The molecule has 0 unspecified atom stereocenters. The summed E-state index contributed by atoms with van der Waals surface area (Å²) in [6, 6.07) is 12.3. The largest absolute Gasteiger partial charge is 0.423 e. The van der Waals surface area contributed by atoms with E-state index in [0.717, 1.165) is 0 Å². The number of carbonyl (C=O) groups excluding carboxylic acids is 1. The Labute approximate surface area is 129 Å². The third kappa shape index (κ3) is 3.21. The van der Waals surface area contributed by atoms with Gasteiger partial charge in [-0.05, 0) is 30.3 Å². The molecule has 3 aromatic rings. The summed E-state index contributed by atoms with van der Waals surface area (Å²) in [7, 11) is 0. The number of nitro groups is 1. The molecule has 0 saturated carbocycles. The molecule has 114 valence electrons. The minimum atomic E-state index is -0.518. The third-order valence-corrected chi connectivity index (χ3v) is 3.07. The Balaban J connectivity index is 1.77. The summed E-state index contributed by atoms with van der Waals surface area (Å²) in [5.41, 5.74) is 1.46. The standard InChI is InChI=1S/C15H10N4O4/c20-14(10-4-6-13(7-5-10)19(21)22)17-12-3-1-2-11(8-12)15-18-16-9-23-15/h1-9H,(H,17,20). The van der Waals surface area contributed by atoms with E-state index in [9.17, 15) is 14.9 Å². The lowest BCUT2D eigenvalue weighted by molar-refractivity contribution is -0.384. The van der Waals surface area contributed by atoms with Crippen LogP contribution < -0.4 is 5.32 Å². The molecule has 1 aromatic heterocycles. The molecule has 1 heterocycles. The fourth-order valence-corrected chi connectivity index (χ4v) is 1.97. The van der Waals surface area contributed by atoms with Crippen molar-refractivity contribution in [2.24, 2.45) is 0 Å². The molecule has 23 heavy (non-hydrogen) atoms. The van der Waals surface area contributed by atoms with Gasteiger partial charge in [0, 0.05) is 28.9 Å². The number of hydrogen-bond acceptors (Lipinski definition) is 6. The maximum absolute atomic E-state index is 12.2. The molecule has 0 aliphatic heterocycles. The Kier molecular flexibility index (Phi) is 3.79. The van der Waals surface area contributed by atoms with Crippen molar-refractivity contribution in [3.63, 3.8) is 0 Å². The number of carbonyl (C=O) groups is 1. The number of nitrogens with zero attached hydrogens (tertiary/aromatic N) is 3. The zero-order chi connectivity index (χ0) is 16.2. The number of hydrogen-bond donors (Lipinski definition) is 1. The van der Waals surface area contributed by atoms with Gasteiger partial charge in [0.05, 0.1) is 4.92 Å². The predicted octanol–water partition coefficient (Wildman–Crippen LogP) is 2.90. The molecular formula is C15H10N4O4. The molecule has 0 fully saturated rings. The Morgan fingerprint density at radius 2 is 1.96 bits per heavy atom. The minimum absolute atomic E-state index is 0.0695. The number of benzene rings is 2. The topological polar surface area (TPSA) is 111 Å². The molecule has 0 spiro atoms. The van der Waals surface area contributed by atoms with Crippen molar-refractivity contribution >= 4 is 17.3 Å². The van der Waals surface area contributed by atoms with E-state index in [2.05, 4.69) is 15.5 Å². The summed E-state index contributed by atoms with van der Waals surface area (Å²) < 4.78 is 5.10. The first-order chi connectivity index (χ1) is 11.1. The SMILES string of the molecule is O=C(Nc1cccc(-c2nnco2)c1)c1ccc([N+](=O)[O-])cc1. The maximum atomic E-state index is 12.2. The number of non-ortho nitro benzene ring substituents is 1. The van der Waals surface area contributed by atoms with E-state index < -0.39 is 4.92 Å².